The van der Waals surface area contributed by atoms with Gasteiger partial charge in [-0.15, -0.1) is 0 Å². The van der Waals surface area contributed by atoms with Crippen LogP contribution >= 0.6 is 0 Å². The maximum atomic E-state index is 11.7. The molecule has 2 aliphatic carbocycles. The number of rotatable bonds is 10. The molecule has 2 aliphatic rings. The fraction of sp³-hybridized carbons (Fsp3) is 0.889. The monoisotopic (exact) mass is 354 g/mol. The van der Waals surface area contributed by atoms with Crippen LogP contribution in [-0.4, -0.2) is 58.6 Å². The van der Waals surface area contributed by atoms with Gasteiger partial charge in [0.25, 0.3) is 0 Å². The number of carbonyl (C=O) groups is 1. The van der Waals surface area contributed by atoms with Gasteiger partial charge < -0.3 is 25.4 Å². The maximum Gasteiger partial charge on any atom is 0.407 e. The average molecular weight is 354 g/mol. The highest BCUT2D eigenvalue weighted by Crippen LogP contribution is 2.43. The van der Waals surface area contributed by atoms with Gasteiger partial charge in [-0.3, -0.25) is 4.99 Å². The van der Waals surface area contributed by atoms with Crippen LogP contribution in [0.15, 0.2) is 4.99 Å². The van der Waals surface area contributed by atoms with Crippen LogP contribution in [-0.2, 0) is 9.47 Å². The topological polar surface area (TPSA) is 84.0 Å². The first-order valence-electron chi connectivity index (χ1n) is 9.49. The first-order chi connectivity index (χ1) is 12.1. The molecule has 144 valence electrons. The first-order valence-corrected chi connectivity index (χ1v) is 9.49. The average Bonchev–Trinajstić information content (AvgIpc) is 3.40. The maximum absolute atomic E-state index is 11.7. The number of guanidine groups is 1. The van der Waals surface area contributed by atoms with E-state index in [9.17, 15) is 4.79 Å². The Hall–Kier alpha value is -1.50. The Labute approximate surface area is 151 Å². The standard InChI is InChI=1S/C18H34N4O3/c1-4-25-17(23)22-15(14-6-7-14)12-20-16(19-2)21-13-18(8-5-9-18)10-11-24-3/h14-15H,4-13H2,1-3H3,(H,22,23)(H2,19,20,21). The summed E-state index contributed by atoms with van der Waals surface area (Å²) in [5.74, 6) is 1.33. The Morgan fingerprint density at radius 1 is 1.32 bits per heavy atom. The lowest BCUT2D eigenvalue weighted by molar-refractivity contribution is 0.0732. The van der Waals surface area contributed by atoms with Crippen molar-refractivity contribution in [1.29, 1.82) is 0 Å². The Balaban J connectivity index is 1.75. The molecule has 25 heavy (non-hydrogen) atoms. The molecule has 1 amide bonds. The number of methoxy groups -OCH3 is 1. The van der Waals surface area contributed by atoms with Crippen LogP contribution in [0.1, 0.15) is 45.4 Å². The summed E-state index contributed by atoms with van der Waals surface area (Å²) in [4.78, 5) is 16.0. The third-order valence-corrected chi connectivity index (χ3v) is 5.36. The van der Waals surface area contributed by atoms with Crippen LogP contribution in [0, 0.1) is 11.3 Å². The van der Waals surface area contributed by atoms with E-state index in [0.29, 0.717) is 24.5 Å². The highest BCUT2D eigenvalue weighted by atomic mass is 16.5. The molecule has 0 aromatic carbocycles. The van der Waals surface area contributed by atoms with Crippen molar-refractivity contribution in [3.8, 4) is 0 Å². The molecule has 7 nitrogen and oxygen atoms in total. The molecule has 0 heterocycles. The zero-order chi connectivity index (χ0) is 18.1. The molecule has 2 rings (SSSR count). The molecule has 7 heteroatoms. The van der Waals surface area contributed by atoms with Gasteiger partial charge in [-0.25, -0.2) is 4.79 Å². The Morgan fingerprint density at radius 3 is 2.60 bits per heavy atom. The number of hydrogen-bond acceptors (Lipinski definition) is 4. The van der Waals surface area contributed by atoms with Gasteiger partial charge in [0.1, 0.15) is 0 Å². The highest BCUT2D eigenvalue weighted by Gasteiger charge is 2.37. The number of ether oxygens (including phenoxy) is 2. The zero-order valence-corrected chi connectivity index (χ0v) is 15.9. The van der Waals surface area contributed by atoms with Crippen molar-refractivity contribution in [1.82, 2.24) is 16.0 Å². The van der Waals surface area contributed by atoms with Crippen LogP contribution in [0.4, 0.5) is 4.79 Å². The Bertz CT molecular complexity index is 448. The Kier molecular flexibility index (Phi) is 7.81. The minimum atomic E-state index is -0.336. The van der Waals surface area contributed by atoms with Gasteiger partial charge in [-0.1, -0.05) is 6.42 Å². The van der Waals surface area contributed by atoms with Crippen LogP contribution in [0.3, 0.4) is 0 Å². The van der Waals surface area contributed by atoms with E-state index in [0.717, 1.165) is 38.4 Å². The normalized spacial score (nSPS) is 20.4. The molecule has 0 spiro atoms. The molecule has 1 unspecified atom stereocenters. The smallest absolute Gasteiger partial charge is 0.407 e. The molecule has 3 N–H and O–H groups in total. The van der Waals surface area contributed by atoms with E-state index in [1.807, 2.05) is 6.92 Å². The van der Waals surface area contributed by atoms with Crippen molar-refractivity contribution in [2.45, 2.75) is 51.5 Å². The number of amides is 1. The van der Waals surface area contributed by atoms with E-state index in [2.05, 4.69) is 20.9 Å². The summed E-state index contributed by atoms with van der Waals surface area (Å²) in [5, 5.41) is 9.77. The van der Waals surface area contributed by atoms with E-state index >= 15 is 0 Å². The number of nitrogens with one attached hydrogen (secondary N) is 3. The largest absolute Gasteiger partial charge is 0.450 e. The lowest BCUT2D eigenvalue weighted by Gasteiger charge is -2.42. The number of carbonyl (C=O) groups excluding carboxylic acids is 1. The Morgan fingerprint density at radius 2 is 2.08 bits per heavy atom. The third-order valence-electron chi connectivity index (χ3n) is 5.36. The van der Waals surface area contributed by atoms with Crippen LogP contribution in [0.25, 0.3) is 0 Å². The predicted octanol–water partition coefficient (Wildman–Crippen LogP) is 1.88. The molecule has 2 saturated carbocycles. The van der Waals surface area contributed by atoms with Gasteiger partial charge in [0, 0.05) is 33.9 Å². The summed E-state index contributed by atoms with van der Waals surface area (Å²) in [5.41, 5.74) is 0.340. The van der Waals surface area contributed by atoms with Gasteiger partial charge in [-0.2, -0.15) is 0 Å². The van der Waals surface area contributed by atoms with Crippen molar-refractivity contribution in [2.75, 3.05) is 40.5 Å². The summed E-state index contributed by atoms with van der Waals surface area (Å²) in [6, 6.07) is 0.0868. The molecule has 0 aliphatic heterocycles. The second-order valence-electron chi connectivity index (χ2n) is 7.21. The van der Waals surface area contributed by atoms with Crippen LogP contribution < -0.4 is 16.0 Å². The fourth-order valence-corrected chi connectivity index (χ4v) is 3.37. The van der Waals surface area contributed by atoms with Crippen LogP contribution in [0.2, 0.25) is 0 Å². The van der Waals surface area contributed by atoms with Crippen molar-refractivity contribution >= 4 is 12.1 Å². The summed E-state index contributed by atoms with van der Waals surface area (Å²) >= 11 is 0. The molecule has 1 atom stereocenters. The minimum Gasteiger partial charge on any atom is -0.450 e. The molecule has 0 radical (unpaired) electrons. The molecular formula is C18H34N4O3. The second-order valence-corrected chi connectivity index (χ2v) is 7.21. The first kappa shape index (κ1) is 19.8. The number of nitrogens with zero attached hydrogens (tertiary/aromatic N) is 1. The summed E-state index contributed by atoms with van der Waals surface area (Å²) < 4.78 is 10.2. The molecule has 0 aromatic rings. The van der Waals surface area contributed by atoms with Gasteiger partial charge >= 0.3 is 6.09 Å². The van der Waals surface area contributed by atoms with E-state index in [1.54, 1.807) is 14.2 Å². The third kappa shape index (κ3) is 6.38. The van der Waals surface area contributed by atoms with Crippen molar-refractivity contribution < 1.29 is 14.3 Å². The number of alkyl carbamates (subject to hydrolysis) is 1. The summed E-state index contributed by atoms with van der Waals surface area (Å²) in [7, 11) is 3.54. The van der Waals surface area contributed by atoms with Gasteiger partial charge in [0.05, 0.1) is 12.6 Å². The summed E-state index contributed by atoms with van der Waals surface area (Å²) in [6.07, 6.45) is 6.85. The van der Waals surface area contributed by atoms with Gasteiger partial charge in [-0.05, 0) is 50.4 Å². The second kappa shape index (κ2) is 9.85. The van der Waals surface area contributed by atoms with Crippen LogP contribution in [0.5, 0.6) is 0 Å². The van der Waals surface area contributed by atoms with Crippen molar-refractivity contribution in [3.05, 3.63) is 0 Å². The zero-order valence-electron chi connectivity index (χ0n) is 15.9. The van der Waals surface area contributed by atoms with Gasteiger partial charge in [0.15, 0.2) is 5.96 Å². The SMILES string of the molecule is CCOC(=O)NC(CNC(=NC)NCC1(CCOC)CCC1)C1CC1. The number of aliphatic imine (C=N–C) groups is 1. The van der Waals surface area contributed by atoms with Crippen molar-refractivity contribution in [2.24, 2.45) is 16.3 Å². The number of hydrogen-bond donors (Lipinski definition) is 3. The van der Waals surface area contributed by atoms with Crippen molar-refractivity contribution in [3.63, 3.8) is 0 Å². The minimum absolute atomic E-state index is 0.0868. The molecular weight excluding hydrogens is 320 g/mol. The lowest BCUT2D eigenvalue weighted by Crippen LogP contribution is -2.51. The van der Waals surface area contributed by atoms with E-state index < -0.39 is 0 Å². The van der Waals surface area contributed by atoms with Gasteiger partial charge in [0.2, 0.25) is 0 Å². The van der Waals surface area contributed by atoms with E-state index in [1.165, 1.54) is 19.3 Å². The molecule has 0 aromatic heterocycles. The fourth-order valence-electron chi connectivity index (χ4n) is 3.37. The highest BCUT2D eigenvalue weighted by molar-refractivity contribution is 5.79. The molecule has 0 bridgehead atoms. The lowest BCUT2D eigenvalue weighted by atomic mass is 9.67. The van der Waals surface area contributed by atoms with E-state index in [4.69, 9.17) is 9.47 Å². The predicted molar refractivity (Wildman–Crippen MR) is 98.8 cm³/mol. The van der Waals surface area contributed by atoms with E-state index in [-0.39, 0.29) is 12.1 Å². The summed E-state index contributed by atoms with van der Waals surface area (Å²) in [6.45, 7) is 4.59. The molecule has 2 fully saturated rings. The molecule has 0 saturated heterocycles. The quantitative estimate of drug-likeness (QED) is 0.412.